The van der Waals surface area contributed by atoms with Crippen molar-refractivity contribution in [1.29, 1.82) is 0 Å². The molecule has 1 aromatic carbocycles. The summed E-state index contributed by atoms with van der Waals surface area (Å²) in [4.78, 5) is 0. The predicted octanol–water partition coefficient (Wildman–Crippen LogP) is 3.42. The van der Waals surface area contributed by atoms with Crippen molar-refractivity contribution >= 4 is 0 Å². The molecular weight excluding hydrogens is 212 g/mol. The first kappa shape index (κ1) is 12.4. The summed E-state index contributed by atoms with van der Waals surface area (Å²) >= 11 is 0. The molecule has 94 valence electrons. The van der Waals surface area contributed by atoms with E-state index in [2.05, 4.69) is 39.8 Å². The lowest BCUT2D eigenvalue weighted by molar-refractivity contribution is 0.258. The number of hydrogen-bond acceptors (Lipinski definition) is 2. The fourth-order valence-corrected chi connectivity index (χ4v) is 2.27. The van der Waals surface area contributed by atoms with Gasteiger partial charge in [0.2, 0.25) is 0 Å². The van der Waals surface area contributed by atoms with Crippen LogP contribution < -0.4 is 4.74 Å². The Hall–Kier alpha value is -1.02. The van der Waals surface area contributed by atoms with Gasteiger partial charge in [-0.3, -0.25) is 0 Å². The Labute approximate surface area is 104 Å². The molecule has 0 N–H and O–H groups in total. The van der Waals surface area contributed by atoms with E-state index in [1.165, 1.54) is 23.1 Å². The van der Waals surface area contributed by atoms with Gasteiger partial charge in [0.25, 0.3) is 0 Å². The third-order valence-electron chi connectivity index (χ3n) is 3.29. The van der Waals surface area contributed by atoms with Crippen LogP contribution in [0, 0.1) is 13.8 Å². The summed E-state index contributed by atoms with van der Waals surface area (Å²) in [6, 6.07) is 4.48. The number of ether oxygens (including phenoxy) is 2. The fourth-order valence-electron chi connectivity index (χ4n) is 2.27. The summed E-state index contributed by atoms with van der Waals surface area (Å²) in [7, 11) is 0. The van der Waals surface area contributed by atoms with Crippen LogP contribution in [0.5, 0.6) is 5.75 Å². The van der Waals surface area contributed by atoms with Crippen LogP contribution in [0.1, 0.15) is 37.0 Å². The van der Waals surface area contributed by atoms with Crippen molar-refractivity contribution < 1.29 is 9.47 Å². The fraction of sp³-hybridized carbons (Fsp3) is 0.600. The van der Waals surface area contributed by atoms with Crippen LogP contribution in [-0.2, 0) is 11.2 Å². The Morgan fingerprint density at radius 3 is 2.29 bits per heavy atom. The van der Waals surface area contributed by atoms with Gasteiger partial charge in [-0.2, -0.15) is 0 Å². The predicted molar refractivity (Wildman–Crippen MR) is 69.7 cm³/mol. The second-order valence-electron chi connectivity index (χ2n) is 5.00. The highest BCUT2D eigenvalue weighted by Crippen LogP contribution is 2.28. The Morgan fingerprint density at radius 1 is 1.24 bits per heavy atom. The summed E-state index contributed by atoms with van der Waals surface area (Å²) in [6.45, 7) is 9.21. The molecule has 1 heterocycles. The van der Waals surface area contributed by atoms with Crippen LogP contribution in [0.3, 0.4) is 0 Å². The molecule has 1 aliphatic heterocycles. The first-order valence-corrected chi connectivity index (χ1v) is 6.50. The summed E-state index contributed by atoms with van der Waals surface area (Å²) in [6.07, 6.45) is 3.00. The van der Waals surface area contributed by atoms with Crippen molar-refractivity contribution in [3.63, 3.8) is 0 Å². The maximum Gasteiger partial charge on any atom is 0.125 e. The zero-order chi connectivity index (χ0) is 12.4. The molecule has 2 heteroatoms. The van der Waals surface area contributed by atoms with E-state index in [1.54, 1.807) is 0 Å². The van der Waals surface area contributed by atoms with Gasteiger partial charge in [-0.05, 0) is 43.9 Å². The first-order chi connectivity index (χ1) is 8.11. The van der Waals surface area contributed by atoms with Crippen LogP contribution in [0.15, 0.2) is 12.1 Å². The lowest BCUT2D eigenvalue weighted by atomic mass is 10.0. The van der Waals surface area contributed by atoms with Gasteiger partial charge in [-0.1, -0.05) is 25.5 Å². The molecule has 2 atom stereocenters. The summed E-state index contributed by atoms with van der Waals surface area (Å²) in [5, 5.41) is 0. The molecule has 0 bridgehead atoms. The number of hydrogen-bond donors (Lipinski definition) is 0. The lowest BCUT2D eigenvalue weighted by Crippen LogP contribution is -2.08. The van der Waals surface area contributed by atoms with Gasteiger partial charge in [0.15, 0.2) is 0 Å². The highest BCUT2D eigenvalue weighted by molar-refractivity contribution is 5.43. The van der Waals surface area contributed by atoms with E-state index in [0.717, 1.165) is 12.2 Å². The van der Waals surface area contributed by atoms with E-state index in [9.17, 15) is 0 Å². The van der Waals surface area contributed by atoms with Gasteiger partial charge in [0.05, 0.1) is 6.10 Å². The molecule has 0 spiro atoms. The Balaban J connectivity index is 2.05. The van der Waals surface area contributed by atoms with Crippen molar-refractivity contribution in [2.75, 3.05) is 6.61 Å². The van der Waals surface area contributed by atoms with Crippen LogP contribution in [0.25, 0.3) is 0 Å². The molecule has 1 fully saturated rings. The molecule has 1 aliphatic rings. The number of rotatable bonds is 5. The minimum absolute atomic E-state index is 0.295. The van der Waals surface area contributed by atoms with Crippen molar-refractivity contribution in [3.05, 3.63) is 28.8 Å². The molecule has 2 nitrogen and oxygen atoms in total. The SMILES string of the molecule is CCCc1cc(C)c(OCC2OC2C)c(C)c1. The Kier molecular flexibility index (Phi) is 3.72. The second-order valence-corrected chi connectivity index (χ2v) is 5.00. The van der Waals surface area contributed by atoms with Crippen LogP contribution in [0.4, 0.5) is 0 Å². The Morgan fingerprint density at radius 2 is 1.82 bits per heavy atom. The Bertz CT molecular complexity index is 375. The summed E-state index contributed by atoms with van der Waals surface area (Å²) < 4.78 is 11.2. The van der Waals surface area contributed by atoms with E-state index in [0.29, 0.717) is 18.8 Å². The van der Waals surface area contributed by atoms with Crippen molar-refractivity contribution in [3.8, 4) is 5.75 Å². The molecule has 1 aromatic rings. The third kappa shape index (κ3) is 3.01. The molecule has 1 saturated heterocycles. The molecule has 0 radical (unpaired) electrons. The van der Waals surface area contributed by atoms with Crippen LogP contribution in [-0.4, -0.2) is 18.8 Å². The molecular formula is C15H22O2. The van der Waals surface area contributed by atoms with Crippen molar-refractivity contribution in [1.82, 2.24) is 0 Å². The average molecular weight is 234 g/mol. The number of epoxide rings is 1. The molecule has 2 unspecified atom stereocenters. The van der Waals surface area contributed by atoms with Gasteiger partial charge in [-0.25, -0.2) is 0 Å². The largest absolute Gasteiger partial charge is 0.490 e. The molecule has 17 heavy (non-hydrogen) atoms. The summed E-state index contributed by atoms with van der Waals surface area (Å²) in [5.74, 6) is 1.03. The van der Waals surface area contributed by atoms with Gasteiger partial charge in [-0.15, -0.1) is 0 Å². The van der Waals surface area contributed by atoms with E-state index < -0.39 is 0 Å². The molecule has 0 saturated carbocycles. The molecule has 0 aromatic heterocycles. The monoisotopic (exact) mass is 234 g/mol. The highest BCUT2D eigenvalue weighted by Gasteiger charge is 2.34. The van der Waals surface area contributed by atoms with Gasteiger partial charge in [0.1, 0.15) is 18.5 Å². The average Bonchev–Trinajstić information content (AvgIpc) is 2.94. The van der Waals surface area contributed by atoms with Crippen molar-refractivity contribution in [2.45, 2.75) is 52.7 Å². The topological polar surface area (TPSA) is 21.8 Å². The van der Waals surface area contributed by atoms with E-state index in [1.807, 2.05) is 0 Å². The zero-order valence-electron chi connectivity index (χ0n) is 11.2. The van der Waals surface area contributed by atoms with Crippen molar-refractivity contribution in [2.24, 2.45) is 0 Å². The minimum Gasteiger partial charge on any atom is -0.490 e. The third-order valence-corrected chi connectivity index (χ3v) is 3.29. The van der Waals surface area contributed by atoms with Gasteiger partial charge < -0.3 is 9.47 Å². The zero-order valence-corrected chi connectivity index (χ0v) is 11.2. The number of aryl methyl sites for hydroxylation is 3. The maximum atomic E-state index is 5.87. The quantitative estimate of drug-likeness (QED) is 0.728. The van der Waals surface area contributed by atoms with Crippen LogP contribution >= 0.6 is 0 Å². The minimum atomic E-state index is 0.295. The second kappa shape index (κ2) is 5.09. The molecule has 0 aliphatic carbocycles. The lowest BCUT2D eigenvalue weighted by Gasteiger charge is -2.13. The highest BCUT2D eigenvalue weighted by atomic mass is 16.6. The standard InChI is InChI=1S/C15H22O2/c1-5-6-13-7-10(2)15(11(3)8-13)16-9-14-12(4)17-14/h7-8,12,14H,5-6,9H2,1-4H3. The van der Waals surface area contributed by atoms with Gasteiger partial charge >= 0.3 is 0 Å². The maximum absolute atomic E-state index is 5.87. The molecule has 0 amide bonds. The van der Waals surface area contributed by atoms with E-state index in [-0.39, 0.29) is 0 Å². The summed E-state index contributed by atoms with van der Waals surface area (Å²) in [5.41, 5.74) is 3.88. The molecule has 2 rings (SSSR count). The number of benzene rings is 1. The first-order valence-electron chi connectivity index (χ1n) is 6.50. The van der Waals surface area contributed by atoms with Crippen LogP contribution in [0.2, 0.25) is 0 Å². The van der Waals surface area contributed by atoms with E-state index in [4.69, 9.17) is 9.47 Å². The van der Waals surface area contributed by atoms with Gasteiger partial charge in [0, 0.05) is 0 Å². The normalized spacial score (nSPS) is 22.6. The smallest absolute Gasteiger partial charge is 0.125 e. The van der Waals surface area contributed by atoms with E-state index >= 15 is 0 Å².